The highest BCUT2D eigenvalue weighted by Gasteiger charge is 2.24. The van der Waals surface area contributed by atoms with Crippen LogP contribution in [0.15, 0.2) is 35.2 Å². The Morgan fingerprint density at radius 3 is 1.81 bits per heavy atom. The van der Waals surface area contributed by atoms with Crippen LogP contribution in [-0.2, 0) is 23.7 Å². The summed E-state index contributed by atoms with van der Waals surface area (Å²) in [5.74, 6) is 0. The fraction of sp³-hybridized carbons (Fsp3) is 0.500. The van der Waals surface area contributed by atoms with Crippen LogP contribution < -0.4 is 10.6 Å². The van der Waals surface area contributed by atoms with E-state index in [1.165, 1.54) is 32.9 Å². The van der Waals surface area contributed by atoms with E-state index in [0.717, 1.165) is 17.7 Å². The third-order valence-corrected chi connectivity index (χ3v) is 7.01. The zero-order valence-electron chi connectivity index (χ0n) is 17.7. The lowest BCUT2D eigenvalue weighted by Gasteiger charge is -2.28. The van der Waals surface area contributed by atoms with Crippen molar-refractivity contribution in [2.75, 3.05) is 0 Å². The second-order valence-corrected chi connectivity index (χ2v) is 11.0. The fourth-order valence-corrected chi connectivity index (χ4v) is 5.54. The molecule has 2 aromatic carbocycles. The van der Waals surface area contributed by atoms with Crippen LogP contribution in [-0.4, -0.2) is 0 Å². The maximum atomic E-state index is 4.91. The summed E-state index contributed by atoms with van der Waals surface area (Å²) in [6, 6.07) is 11.7. The monoisotopic (exact) mass is 386 g/mol. The summed E-state index contributed by atoms with van der Waals surface area (Å²) in [4.78, 5) is 1.15. The summed E-state index contributed by atoms with van der Waals surface area (Å²) < 4.78 is 0. The highest BCUT2D eigenvalue weighted by Crippen LogP contribution is 2.33. The zero-order chi connectivity index (χ0) is 19.7. The van der Waals surface area contributed by atoms with Crippen LogP contribution in [0.5, 0.6) is 0 Å². The quantitative estimate of drug-likeness (QED) is 0.461. The van der Waals surface area contributed by atoms with E-state index in [4.69, 9.17) is 12.6 Å². The van der Waals surface area contributed by atoms with Crippen molar-refractivity contribution in [2.24, 2.45) is 0 Å². The molecular formula is C24H35PS. The molecule has 2 heteroatoms. The molecule has 0 bridgehead atoms. The molecule has 0 N–H and O–H groups in total. The molecule has 0 aromatic heterocycles. The minimum atomic E-state index is 0.121. The van der Waals surface area contributed by atoms with Gasteiger partial charge in [-0.05, 0) is 62.6 Å². The van der Waals surface area contributed by atoms with Crippen LogP contribution in [0, 0.1) is 0 Å². The largest absolute Gasteiger partial charge is 0.143 e. The van der Waals surface area contributed by atoms with Crippen molar-refractivity contribution in [3.63, 3.8) is 0 Å². The lowest BCUT2D eigenvalue weighted by molar-refractivity contribution is 0.592. The lowest BCUT2D eigenvalue weighted by atomic mass is 9.85. The average molecular weight is 387 g/mol. The summed E-state index contributed by atoms with van der Waals surface area (Å²) in [5, 5.41) is 2.87. The molecule has 0 aliphatic heterocycles. The number of thiol groups is 1. The van der Waals surface area contributed by atoms with Crippen molar-refractivity contribution in [3.8, 4) is 0 Å². The lowest BCUT2D eigenvalue weighted by Crippen LogP contribution is -2.26. The second-order valence-electron chi connectivity index (χ2n) is 9.25. The first kappa shape index (κ1) is 21.5. The highest BCUT2D eigenvalue weighted by molar-refractivity contribution is 7.81. The minimum absolute atomic E-state index is 0.121. The van der Waals surface area contributed by atoms with Crippen LogP contribution in [0.3, 0.4) is 0 Å². The van der Waals surface area contributed by atoms with E-state index in [1.54, 1.807) is 0 Å². The summed E-state index contributed by atoms with van der Waals surface area (Å²) in [7, 11) is 0.640. The standard InChI is InChI=1S/C24H35PS/c1-9-16-11-12-20(18(13-16)23(3,4)5)25-22-19(24(6,7)8)14-17(10-2)15-21(22)26/h11-15,25-26H,9-10H2,1-8H3. The summed E-state index contributed by atoms with van der Waals surface area (Å²) in [5.41, 5.74) is 5.99. The number of hydrogen-bond donors (Lipinski definition) is 1. The van der Waals surface area contributed by atoms with Crippen LogP contribution in [0.1, 0.15) is 77.6 Å². The normalized spacial score (nSPS) is 13.0. The van der Waals surface area contributed by atoms with Gasteiger partial charge in [-0.2, -0.15) is 0 Å². The van der Waals surface area contributed by atoms with E-state index in [2.05, 4.69) is 85.7 Å². The molecule has 0 saturated carbocycles. The third-order valence-electron chi connectivity index (χ3n) is 4.95. The van der Waals surface area contributed by atoms with E-state index >= 15 is 0 Å². The smallest absolute Gasteiger partial charge is 0.0123 e. The van der Waals surface area contributed by atoms with Crippen LogP contribution in [0.4, 0.5) is 0 Å². The van der Waals surface area contributed by atoms with Gasteiger partial charge in [-0.3, -0.25) is 0 Å². The molecule has 0 radical (unpaired) electrons. The van der Waals surface area contributed by atoms with Gasteiger partial charge in [0.15, 0.2) is 0 Å². The van der Waals surface area contributed by atoms with Gasteiger partial charge in [0.1, 0.15) is 0 Å². The molecule has 1 unspecified atom stereocenters. The minimum Gasteiger partial charge on any atom is -0.143 e. The Hall–Kier alpha value is -0.780. The van der Waals surface area contributed by atoms with Crippen LogP contribution >= 0.6 is 21.2 Å². The van der Waals surface area contributed by atoms with Crippen molar-refractivity contribution in [1.29, 1.82) is 0 Å². The van der Waals surface area contributed by atoms with E-state index in [1.807, 2.05) is 0 Å². The van der Waals surface area contributed by atoms with E-state index in [-0.39, 0.29) is 10.8 Å². The first-order valence-electron chi connectivity index (χ1n) is 9.74. The molecule has 26 heavy (non-hydrogen) atoms. The van der Waals surface area contributed by atoms with Gasteiger partial charge in [-0.1, -0.05) is 88.2 Å². The van der Waals surface area contributed by atoms with Crippen molar-refractivity contribution in [2.45, 2.75) is 84.0 Å². The molecule has 0 fully saturated rings. The SMILES string of the molecule is CCc1ccc(Pc2c(S)cc(CC)cc2C(C)(C)C)c(C(C)(C)C)c1. The molecule has 0 aliphatic rings. The van der Waals surface area contributed by atoms with Gasteiger partial charge in [0, 0.05) is 4.90 Å². The Bertz CT molecular complexity index is 776. The Morgan fingerprint density at radius 2 is 1.31 bits per heavy atom. The van der Waals surface area contributed by atoms with Gasteiger partial charge in [0.25, 0.3) is 0 Å². The van der Waals surface area contributed by atoms with Gasteiger partial charge < -0.3 is 0 Å². The van der Waals surface area contributed by atoms with Crippen molar-refractivity contribution in [3.05, 3.63) is 52.6 Å². The predicted molar refractivity (Wildman–Crippen MR) is 124 cm³/mol. The number of benzene rings is 2. The van der Waals surface area contributed by atoms with Gasteiger partial charge in [0.05, 0.1) is 0 Å². The van der Waals surface area contributed by atoms with E-state index in [9.17, 15) is 0 Å². The molecule has 142 valence electrons. The first-order valence-corrected chi connectivity index (χ1v) is 11.2. The number of hydrogen-bond acceptors (Lipinski definition) is 1. The molecule has 0 saturated heterocycles. The third kappa shape index (κ3) is 4.93. The molecule has 1 atom stereocenters. The molecule has 0 aliphatic carbocycles. The second kappa shape index (κ2) is 8.07. The van der Waals surface area contributed by atoms with Crippen LogP contribution in [0.2, 0.25) is 0 Å². The molecule has 2 rings (SSSR count). The fourth-order valence-electron chi connectivity index (χ4n) is 3.29. The molecule has 2 aromatic rings. The van der Waals surface area contributed by atoms with E-state index < -0.39 is 0 Å². The Balaban J connectivity index is 2.62. The maximum Gasteiger partial charge on any atom is 0.0123 e. The molecule has 0 nitrogen and oxygen atoms in total. The first-order chi connectivity index (χ1) is 12.0. The maximum absolute atomic E-state index is 4.91. The van der Waals surface area contributed by atoms with Crippen molar-refractivity contribution >= 4 is 31.8 Å². The summed E-state index contributed by atoms with van der Waals surface area (Å²) >= 11 is 4.91. The van der Waals surface area contributed by atoms with Crippen molar-refractivity contribution < 1.29 is 0 Å². The molecule has 0 spiro atoms. The van der Waals surface area contributed by atoms with Gasteiger partial charge in [-0.25, -0.2) is 0 Å². The predicted octanol–water partition coefficient (Wildman–Crippen LogP) is 6.32. The van der Waals surface area contributed by atoms with Crippen LogP contribution in [0.25, 0.3) is 0 Å². The molecule has 0 amide bonds. The van der Waals surface area contributed by atoms with Gasteiger partial charge in [0.2, 0.25) is 0 Å². The Kier molecular flexibility index (Phi) is 6.68. The Labute approximate surface area is 168 Å². The summed E-state index contributed by atoms with van der Waals surface area (Å²) in [6.45, 7) is 18.4. The van der Waals surface area contributed by atoms with Crippen molar-refractivity contribution in [1.82, 2.24) is 0 Å². The number of rotatable bonds is 4. The summed E-state index contributed by atoms with van der Waals surface area (Å²) in [6.07, 6.45) is 2.14. The average Bonchev–Trinajstić information content (AvgIpc) is 2.54. The topological polar surface area (TPSA) is 0 Å². The molecular weight excluding hydrogens is 351 g/mol. The van der Waals surface area contributed by atoms with E-state index in [0.29, 0.717) is 8.58 Å². The zero-order valence-corrected chi connectivity index (χ0v) is 19.6. The number of aryl methyl sites for hydroxylation is 2. The molecule has 0 heterocycles. The van der Waals surface area contributed by atoms with Gasteiger partial charge in [-0.15, -0.1) is 12.6 Å². The van der Waals surface area contributed by atoms with Gasteiger partial charge >= 0.3 is 0 Å². The Morgan fingerprint density at radius 1 is 0.769 bits per heavy atom. The highest BCUT2D eigenvalue weighted by atomic mass is 32.1.